The first-order valence-corrected chi connectivity index (χ1v) is 5.96. The van der Waals surface area contributed by atoms with Crippen LogP contribution < -0.4 is 15.2 Å². The molecule has 16 heavy (non-hydrogen) atoms. The lowest BCUT2D eigenvalue weighted by atomic mass is 10.0. The van der Waals surface area contributed by atoms with Crippen LogP contribution in [0.3, 0.4) is 0 Å². The Hall–Kier alpha value is -0.930. The number of hydrogen-bond donors (Lipinski definition) is 1. The second-order valence-corrected chi connectivity index (χ2v) is 4.92. The lowest BCUT2D eigenvalue weighted by Crippen LogP contribution is -2.11. The van der Waals surface area contributed by atoms with Crippen molar-refractivity contribution in [2.75, 3.05) is 6.79 Å². The van der Waals surface area contributed by atoms with Gasteiger partial charge in [0, 0.05) is 17.1 Å². The van der Waals surface area contributed by atoms with E-state index in [2.05, 4.69) is 0 Å². The summed E-state index contributed by atoms with van der Waals surface area (Å²) in [5, 5.41) is 0.678. The first kappa shape index (κ1) is 10.2. The molecule has 0 radical (unpaired) electrons. The van der Waals surface area contributed by atoms with Crippen molar-refractivity contribution < 1.29 is 9.47 Å². The van der Waals surface area contributed by atoms with Gasteiger partial charge in [0.05, 0.1) is 0 Å². The summed E-state index contributed by atoms with van der Waals surface area (Å²) in [5.74, 6) is 2.26. The Morgan fingerprint density at radius 3 is 2.69 bits per heavy atom. The Balaban J connectivity index is 1.87. The second-order valence-electron chi connectivity index (χ2n) is 4.51. The molecule has 1 fully saturated rings. The van der Waals surface area contributed by atoms with Gasteiger partial charge in [0.25, 0.3) is 0 Å². The lowest BCUT2D eigenvalue weighted by Gasteiger charge is -2.13. The molecule has 1 saturated carbocycles. The zero-order valence-electron chi connectivity index (χ0n) is 8.91. The number of ether oxygens (including phenoxy) is 2. The van der Waals surface area contributed by atoms with Crippen molar-refractivity contribution in [1.29, 1.82) is 0 Å². The minimum atomic E-state index is 0.00880. The fourth-order valence-electron chi connectivity index (χ4n) is 2.06. The summed E-state index contributed by atoms with van der Waals surface area (Å²) in [6, 6.07) is 3.72. The van der Waals surface area contributed by atoms with E-state index < -0.39 is 0 Å². The third-order valence-electron chi connectivity index (χ3n) is 3.18. The summed E-state index contributed by atoms with van der Waals surface area (Å²) < 4.78 is 10.6. The number of hydrogen-bond acceptors (Lipinski definition) is 3. The van der Waals surface area contributed by atoms with Gasteiger partial charge in [0.1, 0.15) is 0 Å². The molecule has 1 aromatic carbocycles. The average molecular weight is 240 g/mol. The standard InChI is InChI=1S/C12H14ClNO2/c13-9-5-12-11(15-6-16-12)4-8(9)10(14)3-7-1-2-7/h4-5,7,10H,1-3,6,14H2/t10-/m0/s1. The second kappa shape index (κ2) is 3.82. The van der Waals surface area contributed by atoms with E-state index in [1.807, 2.05) is 6.07 Å². The average Bonchev–Trinajstić information content (AvgIpc) is 2.94. The minimum Gasteiger partial charge on any atom is -0.454 e. The molecule has 2 aliphatic rings. The van der Waals surface area contributed by atoms with Crippen LogP contribution in [0.5, 0.6) is 11.5 Å². The van der Waals surface area contributed by atoms with Crippen molar-refractivity contribution in [3.05, 3.63) is 22.7 Å². The summed E-state index contributed by atoms with van der Waals surface area (Å²) in [6.07, 6.45) is 3.62. The van der Waals surface area contributed by atoms with Gasteiger partial charge < -0.3 is 15.2 Å². The third kappa shape index (κ3) is 1.85. The molecule has 0 saturated heterocycles. The first-order chi connectivity index (χ1) is 7.74. The fourth-order valence-corrected chi connectivity index (χ4v) is 2.35. The molecule has 1 heterocycles. The molecular formula is C12H14ClNO2. The highest BCUT2D eigenvalue weighted by Crippen LogP contribution is 2.42. The maximum Gasteiger partial charge on any atom is 0.231 e. The van der Waals surface area contributed by atoms with Crippen LogP contribution >= 0.6 is 11.6 Å². The van der Waals surface area contributed by atoms with Crippen LogP contribution in [-0.2, 0) is 0 Å². The molecular weight excluding hydrogens is 226 g/mol. The van der Waals surface area contributed by atoms with Gasteiger partial charge in [-0.2, -0.15) is 0 Å². The van der Waals surface area contributed by atoms with E-state index in [1.165, 1.54) is 12.8 Å². The van der Waals surface area contributed by atoms with E-state index in [9.17, 15) is 0 Å². The highest BCUT2D eigenvalue weighted by Gasteiger charge is 2.26. The summed E-state index contributed by atoms with van der Waals surface area (Å²) >= 11 is 6.19. The van der Waals surface area contributed by atoms with Gasteiger partial charge in [-0.25, -0.2) is 0 Å². The maximum atomic E-state index is 6.19. The van der Waals surface area contributed by atoms with Crippen LogP contribution in [0.4, 0.5) is 0 Å². The van der Waals surface area contributed by atoms with Gasteiger partial charge in [0.2, 0.25) is 6.79 Å². The van der Waals surface area contributed by atoms with Gasteiger partial charge in [-0.15, -0.1) is 0 Å². The fraction of sp³-hybridized carbons (Fsp3) is 0.500. The lowest BCUT2D eigenvalue weighted by molar-refractivity contribution is 0.174. The molecule has 3 nitrogen and oxygen atoms in total. The molecule has 0 aromatic heterocycles. The van der Waals surface area contributed by atoms with Gasteiger partial charge in [-0.1, -0.05) is 24.4 Å². The molecule has 2 N–H and O–H groups in total. The van der Waals surface area contributed by atoms with E-state index >= 15 is 0 Å². The highest BCUT2D eigenvalue weighted by molar-refractivity contribution is 6.31. The summed E-state index contributed by atoms with van der Waals surface area (Å²) in [5.41, 5.74) is 7.12. The Morgan fingerprint density at radius 2 is 2.00 bits per heavy atom. The molecule has 3 rings (SSSR count). The highest BCUT2D eigenvalue weighted by atomic mass is 35.5. The molecule has 0 unspecified atom stereocenters. The molecule has 4 heteroatoms. The molecule has 0 amide bonds. The molecule has 1 atom stereocenters. The Kier molecular flexibility index (Phi) is 2.45. The Bertz CT molecular complexity index is 418. The van der Waals surface area contributed by atoms with Crippen molar-refractivity contribution >= 4 is 11.6 Å². The first-order valence-electron chi connectivity index (χ1n) is 5.58. The molecule has 0 bridgehead atoms. The number of fused-ring (bicyclic) bond motifs is 1. The predicted molar refractivity (Wildman–Crippen MR) is 61.8 cm³/mol. The Labute approximate surface area is 99.5 Å². The van der Waals surface area contributed by atoms with Crippen LogP contribution in [0.2, 0.25) is 5.02 Å². The molecule has 86 valence electrons. The molecule has 1 aromatic rings. The maximum absolute atomic E-state index is 6.19. The van der Waals surface area contributed by atoms with Gasteiger partial charge >= 0.3 is 0 Å². The summed E-state index contributed by atoms with van der Waals surface area (Å²) in [4.78, 5) is 0. The van der Waals surface area contributed by atoms with Crippen LogP contribution in [0.1, 0.15) is 30.9 Å². The van der Waals surface area contributed by atoms with Crippen molar-refractivity contribution in [3.8, 4) is 11.5 Å². The summed E-state index contributed by atoms with van der Waals surface area (Å²) in [6.45, 7) is 0.271. The van der Waals surface area contributed by atoms with E-state index in [0.717, 1.165) is 23.7 Å². The SMILES string of the molecule is N[C@@H](CC1CC1)c1cc2c(cc1Cl)OCO2. The Morgan fingerprint density at radius 1 is 1.31 bits per heavy atom. The zero-order valence-corrected chi connectivity index (χ0v) is 9.67. The molecule has 1 aliphatic heterocycles. The van der Waals surface area contributed by atoms with Gasteiger partial charge in [0.15, 0.2) is 11.5 Å². The smallest absolute Gasteiger partial charge is 0.231 e. The normalized spacial score (nSPS) is 19.9. The quantitative estimate of drug-likeness (QED) is 0.882. The number of benzene rings is 1. The van der Waals surface area contributed by atoms with E-state index in [4.69, 9.17) is 26.8 Å². The van der Waals surface area contributed by atoms with Crippen molar-refractivity contribution in [3.63, 3.8) is 0 Å². The van der Waals surface area contributed by atoms with E-state index in [1.54, 1.807) is 6.07 Å². The van der Waals surface area contributed by atoms with Crippen molar-refractivity contribution in [2.24, 2.45) is 11.7 Å². The molecule has 0 spiro atoms. The number of halogens is 1. The minimum absolute atomic E-state index is 0.00880. The monoisotopic (exact) mass is 239 g/mol. The van der Waals surface area contributed by atoms with Crippen molar-refractivity contribution in [1.82, 2.24) is 0 Å². The van der Waals surface area contributed by atoms with E-state index in [0.29, 0.717) is 10.8 Å². The topological polar surface area (TPSA) is 44.5 Å². The van der Waals surface area contributed by atoms with Gasteiger partial charge in [-0.3, -0.25) is 0 Å². The number of rotatable bonds is 3. The van der Waals surface area contributed by atoms with Crippen LogP contribution in [0.25, 0.3) is 0 Å². The van der Waals surface area contributed by atoms with Crippen LogP contribution in [-0.4, -0.2) is 6.79 Å². The van der Waals surface area contributed by atoms with Crippen LogP contribution in [0.15, 0.2) is 12.1 Å². The number of nitrogens with two attached hydrogens (primary N) is 1. The predicted octanol–water partition coefficient (Wildman–Crippen LogP) is 2.87. The molecule has 1 aliphatic carbocycles. The van der Waals surface area contributed by atoms with Crippen LogP contribution in [0, 0.1) is 5.92 Å². The summed E-state index contributed by atoms with van der Waals surface area (Å²) in [7, 11) is 0. The zero-order chi connectivity index (χ0) is 11.1. The van der Waals surface area contributed by atoms with Crippen molar-refractivity contribution in [2.45, 2.75) is 25.3 Å². The largest absolute Gasteiger partial charge is 0.454 e. The third-order valence-corrected chi connectivity index (χ3v) is 3.50. The van der Waals surface area contributed by atoms with E-state index in [-0.39, 0.29) is 12.8 Å². The van der Waals surface area contributed by atoms with Gasteiger partial charge in [-0.05, 0) is 24.0 Å².